The van der Waals surface area contributed by atoms with Crippen LogP contribution in [0, 0.1) is 0 Å². The Labute approximate surface area is 129 Å². The van der Waals surface area contributed by atoms with Crippen molar-refractivity contribution in [2.24, 2.45) is 0 Å². The van der Waals surface area contributed by atoms with Crippen LogP contribution in [-0.2, 0) is 6.42 Å². The second kappa shape index (κ2) is 6.64. The first-order valence-corrected chi connectivity index (χ1v) is 9.41. The summed E-state index contributed by atoms with van der Waals surface area (Å²) in [6.07, 6.45) is 6.95. The molecule has 1 aromatic rings. The fourth-order valence-corrected chi connectivity index (χ4v) is 5.22. The van der Waals surface area contributed by atoms with E-state index in [0.717, 1.165) is 16.6 Å². The summed E-state index contributed by atoms with van der Waals surface area (Å²) in [6, 6.07) is 9.77. The molecule has 1 nitrogen and oxygen atoms in total. The van der Waals surface area contributed by atoms with Gasteiger partial charge in [-0.25, -0.2) is 0 Å². The predicted molar refractivity (Wildman–Crippen MR) is 87.4 cm³/mol. The van der Waals surface area contributed by atoms with Crippen LogP contribution in [0.15, 0.2) is 29.2 Å². The van der Waals surface area contributed by atoms with E-state index in [9.17, 15) is 0 Å². The van der Waals surface area contributed by atoms with E-state index in [-0.39, 0.29) is 0 Å². The topological polar surface area (TPSA) is 3.24 Å². The molecule has 1 aliphatic carbocycles. The minimum Gasteiger partial charge on any atom is -0.298 e. The van der Waals surface area contributed by atoms with Gasteiger partial charge in [-0.05, 0) is 30.9 Å². The normalized spacial score (nSPS) is 23.2. The Balaban J connectivity index is 1.61. The van der Waals surface area contributed by atoms with Crippen LogP contribution in [0.2, 0.25) is 0 Å². The lowest BCUT2D eigenvalue weighted by atomic mass is 10.1. The van der Waals surface area contributed by atoms with E-state index in [0.29, 0.717) is 0 Å². The van der Waals surface area contributed by atoms with Crippen molar-refractivity contribution in [2.75, 3.05) is 18.4 Å². The van der Waals surface area contributed by atoms with Gasteiger partial charge in [-0.1, -0.05) is 47.0 Å². The summed E-state index contributed by atoms with van der Waals surface area (Å²) in [5.41, 5.74) is 1.56. The molecule has 1 heterocycles. The number of rotatable bonds is 5. The minimum absolute atomic E-state index is 0.761. The monoisotopic (exact) mass is 339 g/mol. The summed E-state index contributed by atoms with van der Waals surface area (Å²) in [6.45, 7) is 2.47. The summed E-state index contributed by atoms with van der Waals surface area (Å²) in [5, 5.41) is 1.87. The van der Waals surface area contributed by atoms with Crippen LogP contribution >= 0.6 is 27.7 Å². The molecule has 0 radical (unpaired) electrons. The Kier molecular flexibility index (Phi) is 4.88. The molecular formula is C16H22BrNS. The van der Waals surface area contributed by atoms with Crippen LogP contribution in [0.25, 0.3) is 0 Å². The maximum atomic E-state index is 3.63. The highest BCUT2D eigenvalue weighted by Crippen LogP contribution is 2.37. The molecule has 3 heteroatoms. The van der Waals surface area contributed by atoms with Crippen LogP contribution in [0.1, 0.15) is 31.2 Å². The van der Waals surface area contributed by atoms with E-state index in [1.165, 1.54) is 50.1 Å². The Morgan fingerprint density at radius 1 is 1.21 bits per heavy atom. The molecule has 1 saturated carbocycles. The van der Waals surface area contributed by atoms with Crippen LogP contribution in [0.4, 0.5) is 0 Å². The highest BCUT2D eigenvalue weighted by atomic mass is 79.9. The van der Waals surface area contributed by atoms with E-state index in [1.807, 2.05) is 0 Å². The summed E-state index contributed by atoms with van der Waals surface area (Å²) < 4.78 is 0. The predicted octanol–water partition coefficient (Wildman–Crippen LogP) is 4.34. The highest BCUT2D eigenvalue weighted by molar-refractivity contribution is 9.09. The molecule has 19 heavy (non-hydrogen) atoms. The lowest BCUT2D eigenvalue weighted by Crippen LogP contribution is -2.39. The van der Waals surface area contributed by atoms with E-state index in [4.69, 9.17) is 0 Å². The zero-order valence-electron chi connectivity index (χ0n) is 11.4. The number of alkyl halides is 1. The van der Waals surface area contributed by atoms with Gasteiger partial charge >= 0.3 is 0 Å². The zero-order valence-corrected chi connectivity index (χ0v) is 13.8. The molecule has 0 bridgehead atoms. The molecule has 1 unspecified atom stereocenters. The molecular weight excluding hydrogens is 318 g/mol. The molecule has 1 aliphatic heterocycles. The van der Waals surface area contributed by atoms with Gasteiger partial charge in [0.1, 0.15) is 0 Å². The summed E-state index contributed by atoms with van der Waals surface area (Å²) in [4.78, 5) is 4.25. The van der Waals surface area contributed by atoms with Crippen LogP contribution in [-0.4, -0.2) is 34.6 Å². The number of hydrogen-bond donors (Lipinski definition) is 0. The Bertz CT molecular complexity index is 392. The smallest absolute Gasteiger partial charge is 0.0263 e. The third-order valence-corrected chi connectivity index (χ3v) is 6.02. The molecule has 3 rings (SSSR count). The minimum atomic E-state index is 0.761. The number of nitrogens with zero attached hydrogens (tertiary/aromatic N) is 1. The first-order valence-electron chi connectivity index (χ1n) is 7.41. The molecule has 2 aliphatic rings. The van der Waals surface area contributed by atoms with Crippen molar-refractivity contribution < 1.29 is 0 Å². The van der Waals surface area contributed by atoms with Gasteiger partial charge in [-0.3, -0.25) is 4.90 Å². The lowest BCUT2D eigenvalue weighted by molar-refractivity contribution is 0.212. The van der Waals surface area contributed by atoms with Crippen LogP contribution < -0.4 is 0 Å². The van der Waals surface area contributed by atoms with E-state index >= 15 is 0 Å². The van der Waals surface area contributed by atoms with Gasteiger partial charge in [0.25, 0.3) is 0 Å². The third kappa shape index (κ3) is 3.37. The molecule has 0 saturated heterocycles. The number of fused-ring (bicyclic) bond motifs is 1. The number of hydrogen-bond acceptors (Lipinski definition) is 2. The Morgan fingerprint density at radius 2 is 2.00 bits per heavy atom. The van der Waals surface area contributed by atoms with Gasteiger partial charge in [-0.15, -0.1) is 11.8 Å². The van der Waals surface area contributed by atoms with Crippen LogP contribution in [0.5, 0.6) is 0 Å². The zero-order chi connectivity index (χ0) is 13.1. The Hall–Kier alpha value is 0.01000. The number of benzene rings is 1. The van der Waals surface area contributed by atoms with Crippen molar-refractivity contribution in [3.8, 4) is 0 Å². The standard InChI is InChI=1S/C16H22BrNS/c17-9-10-18(14-6-2-3-7-14)12-15-11-13-5-1-4-8-16(13)19-15/h1,4-5,8,14-15H,2-3,6-7,9-12H2. The van der Waals surface area contributed by atoms with E-state index < -0.39 is 0 Å². The third-order valence-electron chi connectivity index (χ3n) is 4.36. The molecule has 1 atom stereocenters. The molecule has 0 amide bonds. The first-order chi connectivity index (χ1) is 9.36. The van der Waals surface area contributed by atoms with Crippen LogP contribution in [0.3, 0.4) is 0 Å². The van der Waals surface area contributed by atoms with E-state index in [1.54, 1.807) is 5.56 Å². The van der Waals surface area contributed by atoms with Crippen molar-refractivity contribution in [1.82, 2.24) is 4.90 Å². The molecule has 1 aromatic carbocycles. The molecule has 0 aromatic heterocycles. The average molecular weight is 340 g/mol. The maximum absolute atomic E-state index is 3.63. The van der Waals surface area contributed by atoms with Gasteiger partial charge in [0.2, 0.25) is 0 Å². The second-order valence-corrected chi connectivity index (χ2v) is 7.81. The van der Waals surface area contributed by atoms with Gasteiger partial charge in [0.05, 0.1) is 0 Å². The van der Waals surface area contributed by atoms with Gasteiger partial charge in [-0.2, -0.15) is 0 Å². The highest BCUT2D eigenvalue weighted by Gasteiger charge is 2.28. The fraction of sp³-hybridized carbons (Fsp3) is 0.625. The van der Waals surface area contributed by atoms with Gasteiger partial charge in [0, 0.05) is 34.6 Å². The van der Waals surface area contributed by atoms with Gasteiger partial charge < -0.3 is 0 Å². The quantitative estimate of drug-likeness (QED) is 0.734. The average Bonchev–Trinajstić information content (AvgIpc) is 3.07. The number of thioether (sulfide) groups is 1. The van der Waals surface area contributed by atoms with Gasteiger partial charge in [0.15, 0.2) is 0 Å². The largest absolute Gasteiger partial charge is 0.298 e. The van der Waals surface area contributed by atoms with Crippen molar-refractivity contribution >= 4 is 27.7 Å². The van der Waals surface area contributed by atoms with Crippen molar-refractivity contribution in [3.63, 3.8) is 0 Å². The van der Waals surface area contributed by atoms with Crippen molar-refractivity contribution in [1.29, 1.82) is 0 Å². The Morgan fingerprint density at radius 3 is 2.74 bits per heavy atom. The fourth-order valence-electron chi connectivity index (χ4n) is 3.42. The second-order valence-electron chi connectivity index (χ2n) is 5.67. The summed E-state index contributed by atoms with van der Waals surface area (Å²) in [5.74, 6) is 0. The van der Waals surface area contributed by atoms with Crippen molar-refractivity contribution in [3.05, 3.63) is 29.8 Å². The molecule has 104 valence electrons. The number of halogens is 1. The lowest BCUT2D eigenvalue weighted by Gasteiger charge is -2.30. The first kappa shape index (κ1) is 14.0. The molecule has 0 spiro atoms. The molecule has 1 fully saturated rings. The maximum Gasteiger partial charge on any atom is 0.0263 e. The summed E-state index contributed by atoms with van der Waals surface area (Å²) >= 11 is 5.72. The SMILES string of the molecule is BrCCN(CC1Cc2ccccc2S1)C1CCCC1. The summed E-state index contributed by atoms with van der Waals surface area (Å²) in [7, 11) is 0. The molecule has 0 N–H and O–H groups in total. The van der Waals surface area contributed by atoms with Crippen molar-refractivity contribution in [2.45, 2.75) is 48.3 Å². The van der Waals surface area contributed by atoms with E-state index in [2.05, 4.69) is 56.9 Å².